The Labute approximate surface area is 108 Å². The summed E-state index contributed by atoms with van der Waals surface area (Å²) in [4.78, 5) is 22.9. The van der Waals surface area contributed by atoms with Crippen molar-refractivity contribution < 1.29 is 18.7 Å². The monoisotopic (exact) mass is 264 g/mol. The van der Waals surface area contributed by atoms with Crippen LogP contribution in [0.1, 0.15) is 17.5 Å². The first-order valence-corrected chi connectivity index (χ1v) is 5.59. The number of esters is 1. The molecule has 2 aromatic rings. The summed E-state index contributed by atoms with van der Waals surface area (Å²) >= 11 is 0. The predicted molar refractivity (Wildman–Crippen MR) is 63.3 cm³/mol. The van der Waals surface area contributed by atoms with E-state index in [0.29, 0.717) is 6.61 Å². The van der Waals surface area contributed by atoms with E-state index < -0.39 is 11.9 Å². The number of aromatic nitrogens is 3. The Kier molecular flexibility index (Phi) is 3.91. The van der Waals surface area contributed by atoms with E-state index >= 15 is 0 Å². The maximum absolute atomic E-state index is 11.6. The molecule has 1 N–H and O–H groups in total. The van der Waals surface area contributed by atoms with Crippen LogP contribution in [-0.4, -0.2) is 33.5 Å². The Morgan fingerprint density at radius 1 is 1.53 bits per heavy atom. The second-order valence-electron chi connectivity index (χ2n) is 3.54. The van der Waals surface area contributed by atoms with Crippen molar-refractivity contribution in [3.63, 3.8) is 0 Å². The highest BCUT2D eigenvalue weighted by Crippen LogP contribution is 2.06. The highest BCUT2D eigenvalue weighted by Gasteiger charge is 2.12. The van der Waals surface area contributed by atoms with Crippen LogP contribution in [0.5, 0.6) is 0 Å². The van der Waals surface area contributed by atoms with E-state index in [9.17, 15) is 9.59 Å². The van der Waals surface area contributed by atoms with Gasteiger partial charge < -0.3 is 14.5 Å². The summed E-state index contributed by atoms with van der Waals surface area (Å²) in [5.74, 6) is -0.463. The van der Waals surface area contributed by atoms with Crippen molar-refractivity contribution >= 4 is 17.7 Å². The minimum Gasteiger partial charge on any atom is -0.465 e. The zero-order valence-corrected chi connectivity index (χ0v) is 10.2. The molecule has 0 aromatic carbocycles. The Morgan fingerprint density at radius 3 is 3.05 bits per heavy atom. The van der Waals surface area contributed by atoms with E-state index in [4.69, 9.17) is 9.15 Å². The van der Waals surface area contributed by atoms with Crippen molar-refractivity contribution in [1.29, 1.82) is 0 Å². The third kappa shape index (κ3) is 3.41. The standard InChI is InChI=1S/C11H12N4O4/c1-2-18-10(16)7-15-6-9(13-14-15)12-11(17)8-4-3-5-19-8/h3-6H,2,7H2,1H3,(H,12,17). The van der Waals surface area contributed by atoms with E-state index in [0.717, 1.165) is 0 Å². The molecule has 0 aliphatic heterocycles. The Bertz CT molecular complexity index is 561. The number of rotatable bonds is 5. The fourth-order valence-corrected chi connectivity index (χ4v) is 1.36. The average Bonchev–Trinajstić information content (AvgIpc) is 3.00. The minimum atomic E-state index is -0.437. The molecule has 1 amide bonds. The van der Waals surface area contributed by atoms with Crippen LogP contribution >= 0.6 is 0 Å². The van der Waals surface area contributed by atoms with Gasteiger partial charge in [0.25, 0.3) is 5.91 Å². The summed E-state index contributed by atoms with van der Waals surface area (Å²) in [5.41, 5.74) is 0. The second kappa shape index (κ2) is 5.80. The summed E-state index contributed by atoms with van der Waals surface area (Å²) in [7, 11) is 0. The van der Waals surface area contributed by atoms with Crippen LogP contribution in [0.2, 0.25) is 0 Å². The number of carbonyl (C=O) groups is 2. The molecule has 0 saturated heterocycles. The second-order valence-corrected chi connectivity index (χ2v) is 3.54. The predicted octanol–water partition coefficient (Wildman–Crippen LogP) is 0.686. The van der Waals surface area contributed by atoms with Crippen molar-refractivity contribution in [3.05, 3.63) is 30.4 Å². The van der Waals surface area contributed by atoms with Gasteiger partial charge in [0, 0.05) is 0 Å². The molecule has 0 radical (unpaired) electrons. The summed E-state index contributed by atoms with van der Waals surface area (Å²) < 4.78 is 11.0. The van der Waals surface area contributed by atoms with Gasteiger partial charge in [0.15, 0.2) is 11.6 Å². The number of amides is 1. The molecule has 8 nitrogen and oxygen atoms in total. The molecule has 0 bridgehead atoms. The lowest BCUT2D eigenvalue weighted by Gasteiger charge is -2.00. The van der Waals surface area contributed by atoms with E-state index in [2.05, 4.69) is 15.6 Å². The van der Waals surface area contributed by atoms with E-state index in [-0.39, 0.29) is 18.1 Å². The van der Waals surface area contributed by atoms with Crippen LogP contribution in [0.4, 0.5) is 5.82 Å². The summed E-state index contributed by atoms with van der Waals surface area (Å²) in [6.45, 7) is 1.96. The van der Waals surface area contributed by atoms with Crippen LogP contribution in [0, 0.1) is 0 Å². The molecule has 0 aliphatic carbocycles. The molecular formula is C11H12N4O4. The van der Waals surface area contributed by atoms with Crippen molar-refractivity contribution in [3.8, 4) is 0 Å². The topological polar surface area (TPSA) is 99.2 Å². The maximum Gasteiger partial charge on any atom is 0.327 e. The summed E-state index contributed by atoms with van der Waals surface area (Å²) in [6.07, 6.45) is 2.82. The summed E-state index contributed by atoms with van der Waals surface area (Å²) in [5, 5.41) is 9.89. The molecule has 100 valence electrons. The fraction of sp³-hybridized carbons (Fsp3) is 0.273. The molecule has 0 unspecified atom stereocenters. The third-order valence-electron chi connectivity index (χ3n) is 2.12. The van der Waals surface area contributed by atoms with Crippen LogP contribution in [0.3, 0.4) is 0 Å². The lowest BCUT2D eigenvalue weighted by Crippen LogP contribution is -2.14. The first-order valence-electron chi connectivity index (χ1n) is 5.59. The Morgan fingerprint density at radius 2 is 2.37 bits per heavy atom. The molecule has 2 rings (SSSR count). The molecule has 2 heterocycles. The van der Waals surface area contributed by atoms with Gasteiger partial charge in [0.1, 0.15) is 6.54 Å². The van der Waals surface area contributed by atoms with Crippen LogP contribution < -0.4 is 5.32 Å². The number of anilines is 1. The maximum atomic E-state index is 11.6. The molecule has 0 atom stereocenters. The number of hydrogen-bond donors (Lipinski definition) is 1. The van der Waals surface area contributed by atoms with Gasteiger partial charge in [-0.3, -0.25) is 9.59 Å². The number of nitrogens with one attached hydrogen (secondary N) is 1. The number of ether oxygens (including phenoxy) is 1. The molecule has 0 aliphatic rings. The molecule has 0 spiro atoms. The normalized spacial score (nSPS) is 10.2. The van der Waals surface area contributed by atoms with Gasteiger partial charge in [-0.1, -0.05) is 5.21 Å². The van der Waals surface area contributed by atoms with Gasteiger partial charge in [-0.05, 0) is 19.1 Å². The van der Waals surface area contributed by atoms with Gasteiger partial charge in [0.2, 0.25) is 0 Å². The number of furan rings is 1. The van der Waals surface area contributed by atoms with Crippen molar-refractivity contribution in [1.82, 2.24) is 15.0 Å². The molecule has 0 fully saturated rings. The number of carbonyl (C=O) groups excluding carboxylic acids is 2. The Balaban J connectivity index is 1.94. The largest absolute Gasteiger partial charge is 0.465 e. The first-order chi connectivity index (χ1) is 9.19. The van der Waals surface area contributed by atoms with Gasteiger partial charge in [-0.25, -0.2) is 4.68 Å². The molecular weight excluding hydrogens is 252 g/mol. The van der Waals surface area contributed by atoms with E-state index in [1.54, 1.807) is 13.0 Å². The lowest BCUT2D eigenvalue weighted by atomic mass is 10.4. The van der Waals surface area contributed by atoms with E-state index in [1.165, 1.54) is 23.2 Å². The molecule has 0 saturated carbocycles. The van der Waals surface area contributed by atoms with Gasteiger partial charge in [-0.2, -0.15) is 0 Å². The third-order valence-corrected chi connectivity index (χ3v) is 2.12. The zero-order valence-electron chi connectivity index (χ0n) is 10.2. The van der Waals surface area contributed by atoms with E-state index in [1.807, 2.05) is 0 Å². The van der Waals surface area contributed by atoms with Crippen molar-refractivity contribution in [2.75, 3.05) is 11.9 Å². The highest BCUT2D eigenvalue weighted by molar-refractivity contribution is 6.01. The van der Waals surface area contributed by atoms with Crippen molar-refractivity contribution in [2.45, 2.75) is 13.5 Å². The zero-order chi connectivity index (χ0) is 13.7. The van der Waals surface area contributed by atoms with Gasteiger partial charge in [0.05, 0.1) is 19.1 Å². The smallest absolute Gasteiger partial charge is 0.327 e. The SMILES string of the molecule is CCOC(=O)Cn1cc(NC(=O)c2ccco2)nn1. The highest BCUT2D eigenvalue weighted by atomic mass is 16.5. The van der Waals surface area contributed by atoms with Crippen LogP contribution in [0.25, 0.3) is 0 Å². The quantitative estimate of drug-likeness (QED) is 0.797. The fourth-order valence-electron chi connectivity index (χ4n) is 1.36. The van der Waals surface area contributed by atoms with Crippen LogP contribution in [0.15, 0.2) is 29.0 Å². The van der Waals surface area contributed by atoms with Gasteiger partial charge in [-0.15, -0.1) is 5.10 Å². The number of nitrogens with zero attached hydrogens (tertiary/aromatic N) is 3. The summed E-state index contributed by atoms with van der Waals surface area (Å²) in [6, 6.07) is 3.13. The van der Waals surface area contributed by atoms with Crippen LogP contribution in [-0.2, 0) is 16.1 Å². The average molecular weight is 264 g/mol. The van der Waals surface area contributed by atoms with Gasteiger partial charge >= 0.3 is 5.97 Å². The Hall–Kier alpha value is -2.64. The van der Waals surface area contributed by atoms with Crippen molar-refractivity contribution in [2.24, 2.45) is 0 Å². The minimum absolute atomic E-state index is 0.0581. The molecule has 19 heavy (non-hydrogen) atoms. The number of hydrogen-bond acceptors (Lipinski definition) is 6. The molecule has 8 heteroatoms. The lowest BCUT2D eigenvalue weighted by molar-refractivity contribution is -0.144. The molecule has 2 aromatic heterocycles. The first kappa shape index (κ1) is 12.8.